The van der Waals surface area contributed by atoms with E-state index in [1.165, 1.54) is 11.8 Å². The van der Waals surface area contributed by atoms with E-state index in [0.29, 0.717) is 35.8 Å². The first-order valence-corrected chi connectivity index (χ1v) is 8.83. The smallest absolute Gasteiger partial charge is 0.343 e. The Bertz CT molecular complexity index is 793. The van der Waals surface area contributed by atoms with Gasteiger partial charge in [-0.1, -0.05) is 16.9 Å². The zero-order valence-electron chi connectivity index (χ0n) is 12.4. The first-order chi connectivity index (χ1) is 11.3. The molecule has 0 aromatic carbocycles. The number of thiophene rings is 1. The van der Waals surface area contributed by atoms with Gasteiger partial charge in [-0.05, 0) is 17.9 Å². The van der Waals surface area contributed by atoms with Gasteiger partial charge < -0.3 is 9.26 Å². The van der Waals surface area contributed by atoms with E-state index in [1.54, 1.807) is 23.0 Å². The molecule has 3 aromatic heterocycles. The first-order valence-electron chi connectivity index (χ1n) is 6.90. The average Bonchev–Trinajstić information content (AvgIpc) is 3.27. The Morgan fingerprint density at radius 2 is 2.43 bits per heavy atom. The summed E-state index contributed by atoms with van der Waals surface area (Å²) in [6.07, 6.45) is 0.744. The zero-order chi connectivity index (χ0) is 16.1. The molecule has 0 amide bonds. The maximum absolute atomic E-state index is 11.7. The van der Waals surface area contributed by atoms with Crippen LogP contribution in [-0.2, 0) is 17.0 Å². The number of aromatic nitrogens is 5. The van der Waals surface area contributed by atoms with Crippen LogP contribution in [0.4, 0.5) is 0 Å². The van der Waals surface area contributed by atoms with Gasteiger partial charge >= 0.3 is 5.69 Å². The van der Waals surface area contributed by atoms with Crippen LogP contribution in [0.5, 0.6) is 0 Å². The molecule has 0 aliphatic rings. The summed E-state index contributed by atoms with van der Waals surface area (Å²) in [7, 11) is 1.63. The second-order valence-electron chi connectivity index (χ2n) is 4.63. The van der Waals surface area contributed by atoms with E-state index in [2.05, 4.69) is 20.3 Å². The number of hydrogen-bond donors (Lipinski definition) is 1. The van der Waals surface area contributed by atoms with Crippen LogP contribution in [-0.4, -0.2) is 38.6 Å². The number of hydrogen-bond acceptors (Lipinski definition) is 8. The number of H-pyrrole nitrogens is 1. The maximum atomic E-state index is 11.7. The first kappa shape index (κ1) is 16.0. The van der Waals surface area contributed by atoms with Crippen molar-refractivity contribution < 1.29 is 9.26 Å². The molecule has 1 N–H and O–H groups in total. The highest BCUT2D eigenvalue weighted by atomic mass is 32.2. The molecule has 3 rings (SSSR count). The lowest BCUT2D eigenvalue weighted by atomic mass is 10.3. The van der Waals surface area contributed by atoms with E-state index >= 15 is 0 Å². The van der Waals surface area contributed by atoms with Gasteiger partial charge in [0.15, 0.2) is 11.0 Å². The molecule has 23 heavy (non-hydrogen) atoms. The van der Waals surface area contributed by atoms with Gasteiger partial charge in [0, 0.05) is 25.6 Å². The molecule has 0 bridgehead atoms. The monoisotopic (exact) mass is 353 g/mol. The second-order valence-corrected chi connectivity index (χ2v) is 6.35. The Morgan fingerprint density at radius 3 is 3.22 bits per heavy atom. The van der Waals surface area contributed by atoms with Crippen LogP contribution in [0.2, 0.25) is 0 Å². The zero-order valence-corrected chi connectivity index (χ0v) is 14.0. The van der Waals surface area contributed by atoms with Crippen molar-refractivity contribution in [2.45, 2.75) is 23.9 Å². The van der Waals surface area contributed by atoms with Crippen LogP contribution < -0.4 is 5.69 Å². The summed E-state index contributed by atoms with van der Waals surface area (Å²) in [6.45, 7) is 1.15. The van der Waals surface area contributed by atoms with Gasteiger partial charge in [0.2, 0.25) is 0 Å². The number of methoxy groups -OCH3 is 1. The van der Waals surface area contributed by atoms with Gasteiger partial charge in [-0.3, -0.25) is 4.57 Å². The van der Waals surface area contributed by atoms with Crippen LogP contribution in [0.3, 0.4) is 0 Å². The van der Waals surface area contributed by atoms with Gasteiger partial charge in [-0.15, -0.1) is 5.10 Å². The number of nitrogens with zero attached hydrogens (tertiary/aromatic N) is 4. The number of thioether (sulfide) groups is 1. The molecule has 10 heteroatoms. The molecule has 3 heterocycles. The lowest BCUT2D eigenvalue weighted by molar-refractivity contribution is 0.189. The van der Waals surface area contributed by atoms with E-state index < -0.39 is 0 Å². The lowest BCUT2D eigenvalue weighted by Crippen LogP contribution is -2.18. The fraction of sp³-hybridized carbons (Fsp3) is 0.385. The molecule has 8 nitrogen and oxygen atoms in total. The molecule has 0 spiro atoms. The highest BCUT2D eigenvalue weighted by Gasteiger charge is 2.13. The van der Waals surface area contributed by atoms with Crippen molar-refractivity contribution in [2.24, 2.45) is 0 Å². The molecular formula is C13H15N5O3S2. The van der Waals surface area contributed by atoms with Crippen LogP contribution in [0, 0.1) is 0 Å². The third-order valence-electron chi connectivity index (χ3n) is 3.02. The minimum atomic E-state index is -0.226. The average molecular weight is 353 g/mol. The second kappa shape index (κ2) is 7.57. The minimum Gasteiger partial charge on any atom is -0.385 e. The lowest BCUT2D eigenvalue weighted by Gasteiger charge is -2.03. The summed E-state index contributed by atoms with van der Waals surface area (Å²) in [4.78, 5) is 16.1. The standard InChI is InChI=1S/C13H15N5O3S2/c1-20-5-2-4-18-12(19)15-16-13(18)23-8-10-14-11(21-17-10)9-3-6-22-7-9/h3,6-7H,2,4-5,8H2,1H3,(H,15,19). The molecule has 0 saturated heterocycles. The molecular weight excluding hydrogens is 338 g/mol. The Labute approximate surface area is 139 Å². The van der Waals surface area contributed by atoms with E-state index in [9.17, 15) is 4.79 Å². The van der Waals surface area contributed by atoms with Gasteiger partial charge in [-0.25, -0.2) is 9.89 Å². The SMILES string of the molecule is COCCCn1c(SCc2noc(-c3ccsc3)n2)n[nH]c1=O. The third kappa shape index (κ3) is 3.89. The highest BCUT2D eigenvalue weighted by Crippen LogP contribution is 2.23. The van der Waals surface area contributed by atoms with E-state index in [-0.39, 0.29) is 5.69 Å². The summed E-state index contributed by atoms with van der Waals surface area (Å²) in [5, 5.41) is 15.0. The van der Waals surface area contributed by atoms with Crippen molar-refractivity contribution in [3.63, 3.8) is 0 Å². The molecule has 0 unspecified atom stereocenters. The molecule has 122 valence electrons. The van der Waals surface area contributed by atoms with E-state index in [0.717, 1.165) is 12.0 Å². The summed E-state index contributed by atoms with van der Waals surface area (Å²) >= 11 is 2.96. The summed E-state index contributed by atoms with van der Waals surface area (Å²) < 4.78 is 11.8. The van der Waals surface area contributed by atoms with Crippen molar-refractivity contribution in [2.75, 3.05) is 13.7 Å². The number of ether oxygens (including phenoxy) is 1. The summed E-state index contributed by atoms with van der Waals surface area (Å²) in [5.41, 5.74) is 0.686. The number of rotatable bonds is 8. The molecule has 0 aliphatic carbocycles. The molecule has 0 fully saturated rings. The largest absolute Gasteiger partial charge is 0.385 e. The van der Waals surface area contributed by atoms with Crippen LogP contribution in [0.1, 0.15) is 12.2 Å². The van der Waals surface area contributed by atoms with Crippen molar-refractivity contribution in [3.05, 3.63) is 33.1 Å². The van der Waals surface area contributed by atoms with Gasteiger partial charge in [0.1, 0.15) is 0 Å². The quantitative estimate of drug-likeness (QED) is 0.488. The normalized spacial score (nSPS) is 11.2. The van der Waals surface area contributed by atoms with E-state index in [4.69, 9.17) is 9.26 Å². The van der Waals surface area contributed by atoms with Crippen molar-refractivity contribution in [1.82, 2.24) is 24.9 Å². The highest BCUT2D eigenvalue weighted by molar-refractivity contribution is 7.98. The number of nitrogens with one attached hydrogen (secondary N) is 1. The third-order valence-corrected chi connectivity index (χ3v) is 4.68. The molecule has 3 aromatic rings. The topological polar surface area (TPSA) is 98.8 Å². The summed E-state index contributed by atoms with van der Waals surface area (Å²) in [5.74, 6) is 1.54. The fourth-order valence-corrected chi connectivity index (χ4v) is 3.37. The van der Waals surface area contributed by atoms with Gasteiger partial charge in [-0.2, -0.15) is 16.3 Å². The Morgan fingerprint density at radius 1 is 1.52 bits per heavy atom. The molecule has 0 aliphatic heterocycles. The Hall–Kier alpha value is -1.91. The number of aromatic amines is 1. The van der Waals surface area contributed by atoms with Crippen molar-refractivity contribution in [3.8, 4) is 11.5 Å². The minimum absolute atomic E-state index is 0.226. The van der Waals surface area contributed by atoms with Crippen LogP contribution in [0.25, 0.3) is 11.5 Å². The van der Waals surface area contributed by atoms with Gasteiger partial charge in [0.05, 0.1) is 11.3 Å². The fourth-order valence-electron chi connectivity index (χ4n) is 1.92. The Balaban J connectivity index is 1.63. The van der Waals surface area contributed by atoms with Gasteiger partial charge in [0.25, 0.3) is 5.89 Å². The molecule has 0 saturated carbocycles. The predicted octanol–water partition coefficient (Wildman–Crippen LogP) is 2.01. The van der Waals surface area contributed by atoms with Crippen molar-refractivity contribution in [1.29, 1.82) is 0 Å². The predicted molar refractivity (Wildman–Crippen MR) is 86.5 cm³/mol. The van der Waals surface area contributed by atoms with Crippen LogP contribution >= 0.6 is 23.1 Å². The maximum Gasteiger partial charge on any atom is 0.343 e. The summed E-state index contributed by atoms with van der Waals surface area (Å²) in [6, 6.07) is 1.93. The van der Waals surface area contributed by atoms with E-state index in [1.807, 2.05) is 16.8 Å². The van der Waals surface area contributed by atoms with Crippen molar-refractivity contribution >= 4 is 23.1 Å². The Kier molecular flexibility index (Phi) is 5.26. The molecule has 0 atom stereocenters. The van der Waals surface area contributed by atoms with Crippen LogP contribution in [0.15, 0.2) is 31.3 Å². The molecule has 0 radical (unpaired) electrons.